The highest BCUT2D eigenvalue weighted by molar-refractivity contribution is 5.44. The number of nitrogens with two attached hydrogens (primary N) is 1. The third kappa shape index (κ3) is 2.71. The van der Waals surface area contributed by atoms with Crippen molar-refractivity contribution >= 4 is 5.69 Å². The Morgan fingerprint density at radius 2 is 1.89 bits per heavy atom. The first kappa shape index (κ1) is 14.2. The van der Waals surface area contributed by atoms with E-state index < -0.39 is 6.10 Å². The summed E-state index contributed by atoms with van der Waals surface area (Å²) in [7, 11) is 0. The predicted octanol–water partition coefficient (Wildman–Crippen LogP) is 1.92. The lowest BCUT2D eigenvalue weighted by molar-refractivity contribution is 0.0970. The van der Waals surface area contributed by atoms with Crippen LogP contribution in [-0.4, -0.2) is 21.0 Å². The number of rotatable bonds is 1. The maximum atomic E-state index is 12.3. The molecule has 0 aliphatic heterocycles. The Balaban J connectivity index is 2.42. The summed E-state index contributed by atoms with van der Waals surface area (Å²) in [5, 5.41) is 13.3. The van der Waals surface area contributed by atoms with Gasteiger partial charge in [0, 0.05) is 5.41 Å². The summed E-state index contributed by atoms with van der Waals surface area (Å²) in [6.45, 7) is 6.05. The van der Waals surface area contributed by atoms with Gasteiger partial charge in [0.25, 0.3) is 5.56 Å². The van der Waals surface area contributed by atoms with Crippen molar-refractivity contribution in [3.05, 3.63) is 16.0 Å². The molecule has 1 aliphatic carbocycles. The van der Waals surface area contributed by atoms with E-state index in [1.807, 2.05) is 20.8 Å². The molecule has 0 aromatic carbocycles. The predicted molar refractivity (Wildman–Crippen MR) is 76.3 cm³/mol. The second-order valence-corrected chi connectivity index (χ2v) is 6.60. The number of anilines is 1. The van der Waals surface area contributed by atoms with Gasteiger partial charge in [0.05, 0.1) is 17.8 Å². The van der Waals surface area contributed by atoms with Crippen molar-refractivity contribution in [1.29, 1.82) is 0 Å². The summed E-state index contributed by atoms with van der Waals surface area (Å²) < 4.78 is 1.55. The number of aliphatic hydroxyl groups is 1. The molecule has 4 N–H and O–H groups in total. The minimum atomic E-state index is -0.467. The number of nitrogens with one attached hydrogen (secondary N) is 1. The van der Waals surface area contributed by atoms with Crippen LogP contribution in [0, 0.1) is 0 Å². The lowest BCUT2D eigenvalue weighted by Crippen LogP contribution is -2.31. The second kappa shape index (κ2) is 5.04. The van der Waals surface area contributed by atoms with Gasteiger partial charge in [-0.1, -0.05) is 40.0 Å². The van der Waals surface area contributed by atoms with Gasteiger partial charge < -0.3 is 10.8 Å². The number of aromatic nitrogens is 2. The average molecular weight is 267 g/mol. The summed E-state index contributed by atoms with van der Waals surface area (Å²) in [6.07, 6.45) is 4.29. The van der Waals surface area contributed by atoms with Crippen molar-refractivity contribution < 1.29 is 5.11 Å². The second-order valence-electron chi connectivity index (χ2n) is 6.60. The van der Waals surface area contributed by atoms with Crippen LogP contribution < -0.4 is 11.3 Å². The van der Waals surface area contributed by atoms with Crippen LogP contribution in [0.15, 0.2) is 4.79 Å². The SMILES string of the molecule is CC(C)(C)c1[nH]n(C2CCCCCC2O)c(=O)c1N. The largest absolute Gasteiger partial charge is 0.393 e. The van der Waals surface area contributed by atoms with Crippen molar-refractivity contribution in [1.82, 2.24) is 9.78 Å². The Bertz CT molecular complexity index is 496. The molecule has 1 fully saturated rings. The van der Waals surface area contributed by atoms with Crippen molar-refractivity contribution in [2.24, 2.45) is 0 Å². The summed E-state index contributed by atoms with van der Waals surface area (Å²) in [5.74, 6) is 0. The normalized spacial score (nSPS) is 25.3. The molecule has 5 heteroatoms. The lowest BCUT2D eigenvalue weighted by atomic mass is 9.91. The number of H-pyrrole nitrogens is 1. The average Bonchev–Trinajstić information content (AvgIpc) is 2.50. The third-order valence-electron chi connectivity index (χ3n) is 3.98. The third-order valence-corrected chi connectivity index (χ3v) is 3.98. The zero-order valence-electron chi connectivity index (χ0n) is 12.1. The highest BCUT2D eigenvalue weighted by Gasteiger charge is 2.29. The maximum Gasteiger partial charge on any atom is 0.290 e. The van der Waals surface area contributed by atoms with Crippen molar-refractivity contribution in [2.75, 3.05) is 5.73 Å². The summed E-state index contributed by atoms with van der Waals surface area (Å²) in [5.41, 5.74) is 6.57. The van der Waals surface area contributed by atoms with Crippen molar-refractivity contribution in [3.63, 3.8) is 0 Å². The number of nitrogen functional groups attached to an aromatic ring is 1. The molecule has 0 spiro atoms. The molecule has 19 heavy (non-hydrogen) atoms. The minimum Gasteiger partial charge on any atom is -0.393 e. The summed E-state index contributed by atoms with van der Waals surface area (Å²) in [4.78, 5) is 12.3. The lowest BCUT2D eigenvalue weighted by Gasteiger charge is -2.22. The fourth-order valence-electron chi connectivity index (χ4n) is 2.84. The monoisotopic (exact) mass is 267 g/mol. The Morgan fingerprint density at radius 3 is 2.47 bits per heavy atom. The molecule has 1 aliphatic rings. The van der Waals surface area contributed by atoms with E-state index in [0.717, 1.165) is 37.8 Å². The van der Waals surface area contributed by atoms with Crippen LogP contribution in [-0.2, 0) is 5.41 Å². The van der Waals surface area contributed by atoms with Crippen LogP contribution >= 0.6 is 0 Å². The first-order valence-electron chi connectivity index (χ1n) is 7.11. The number of aliphatic hydroxyl groups excluding tert-OH is 1. The van der Waals surface area contributed by atoms with E-state index in [2.05, 4.69) is 5.10 Å². The smallest absolute Gasteiger partial charge is 0.290 e. The van der Waals surface area contributed by atoms with Gasteiger partial charge in [0.1, 0.15) is 5.69 Å². The quantitative estimate of drug-likeness (QED) is 0.680. The zero-order valence-corrected chi connectivity index (χ0v) is 12.1. The van der Waals surface area contributed by atoms with E-state index in [1.54, 1.807) is 4.68 Å². The Hall–Kier alpha value is -1.23. The van der Waals surface area contributed by atoms with E-state index in [4.69, 9.17) is 5.73 Å². The van der Waals surface area contributed by atoms with Crippen LogP contribution in [0.5, 0.6) is 0 Å². The van der Waals surface area contributed by atoms with Gasteiger partial charge in [0.2, 0.25) is 0 Å². The van der Waals surface area contributed by atoms with Gasteiger partial charge in [-0.15, -0.1) is 0 Å². The molecule has 1 aromatic rings. The van der Waals surface area contributed by atoms with E-state index in [9.17, 15) is 9.90 Å². The van der Waals surface area contributed by atoms with Crippen LogP contribution in [0.25, 0.3) is 0 Å². The first-order valence-corrected chi connectivity index (χ1v) is 7.11. The van der Waals surface area contributed by atoms with Gasteiger partial charge >= 0.3 is 0 Å². The maximum absolute atomic E-state index is 12.3. The van der Waals surface area contributed by atoms with Gasteiger partial charge in [0.15, 0.2) is 0 Å². The summed E-state index contributed by atoms with van der Waals surface area (Å²) in [6, 6.07) is -0.173. The molecule has 108 valence electrons. The van der Waals surface area contributed by atoms with Gasteiger partial charge in [-0.2, -0.15) is 0 Å². The summed E-state index contributed by atoms with van der Waals surface area (Å²) >= 11 is 0. The molecule has 5 nitrogen and oxygen atoms in total. The molecular formula is C14H25N3O2. The molecule has 0 amide bonds. The fourth-order valence-corrected chi connectivity index (χ4v) is 2.84. The van der Waals surface area contributed by atoms with Gasteiger partial charge in [-0.05, 0) is 12.8 Å². The highest BCUT2D eigenvalue weighted by atomic mass is 16.3. The van der Waals surface area contributed by atoms with Crippen molar-refractivity contribution in [3.8, 4) is 0 Å². The van der Waals surface area contributed by atoms with E-state index in [-0.39, 0.29) is 22.7 Å². The van der Waals surface area contributed by atoms with Crippen LogP contribution in [0.4, 0.5) is 5.69 Å². The van der Waals surface area contributed by atoms with Crippen molar-refractivity contribution in [2.45, 2.75) is 70.4 Å². The highest BCUT2D eigenvalue weighted by Crippen LogP contribution is 2.29. The van der Waals surface area contributed by atoms with Crippen LogP contribution in [0.3, 0.4) is 0 Å². The van der Waals surface area contributed by atoms with Crippen LogP contribution in [0.2, 0.25) is 0 Å². The molecule has 0 saturated heterocycles. The standard InChI is InChI=1S/C14H25N3O2/c1-14(2,3)12-11(15)13(19)17(16-12)9-7-5-4-6-8-10(9)18/h9-10,16,18H,4-8,15H2,1-3H3. The fraction of sp³-hybridized carbons (Fsp3) is 0.786. The molecule has 2 rings (SSSR count). The first-order chi connectivity index (χ1) is 8.82. The molecule has 0 radical (unpaired) electrons. The molecule has 0 bridgehead atoms. The molecule has 2 atom stereocenters. The van der Waals surface area contributed by atoms with E-state index >= 15 is 0 Å². The Labute approximate surface area is 113 Å². The molecular weight excluding hydrogens is 242 g/mol. The number of hydrogen-bond acceptors (Lipinski definition) is 3. The topological polar surface area (TPSA) is 84.0 Å². The molecule has 1 aromatic heterocycles. The Kier molecular flexibility index (Phi) is 3.76. The van der Waals surface area contributed by atoms with E-state index in [0.29, 0.717) is 0 Å². The Morgan fingerprint density at radius 1 is 1.26 bits per heavy atom. The number of hydrogen-bond donors (Lipinski definition) is 3. The van der Waals surface area contributed by atoms with Crippen LogP contribution in [0.1, 0.15) is 64.6 Å². The number of aromatic amines is 1. The molecule has 2 unspecified atom stereocenters. The van der Waals surface area contributed by atoms with E-state index in [1.165, 1.54) is 0 Å². The minimum absolute atomic E-state index is 0.173. The van der Waals surface area contributed by atoms with Gasteiger partial charge in [-0.3, -0.25) is 9.89 Å². The molecule has 1 saturated carbocycles. The zero-order chi connectivity index (χ0) is 14.2. The molecule has 1 heterocycles. The number of nitrogens with zero attached hydrogens (tertiary/aromatic N) is 1. The van der Waals surface area contributed by atoms with Gasteiger partial charge in [-0.25, -0.2) is 4.68 Å².